The van der Waals surface area contributed by atoms with Crippen molar-refractivity contribution in [2.24, 2.45) is 0 Å². The van der Waals surface area contributed by atoms with Crippen LogP contribution in [0, 0.1) is 6.92 Å². The maximum atomic E-state index is 9.70. The van der Waals surface area contributed by atoms with Gasteiger partial charge in [0.2, 0.25) is 0 Å². The Morgan fingerprint density at radius 3 is 2.56 bits per heavy atom. The molecule has 1 aromatic carbocycles. The van der Waals surface area contributed by atoms with Gasteiger partial charge in [0, 0.05) is 12.3 Å². The van der Waals surface area contributed by atoms with Crippen molar-refractivity contribution < 1.29 is 10.2 Å². The third-order valence-corrected chi connectivity index (χ3v) is 3.11. The van der Waals surface area contributed by atoms with Crippen LogP contribution in [0.2, 0.25) is 0 Å². The molecule has 16 heavy (non-hydrogen) atoms. The molecule has 0 bridgehead atoms. The number of benzene rings is 1. The molecule has 2 nitrogen and oxygen atoms in total. The van der Waals surface area contributed by atoms with Gasteiger partial charge < -0.3 is 10.2 Å². The summed E-state index contributed by atoms with van der Waals surface area (Å²) in [5.41, 5.74) is 2.84. The number of phenolic OH excluding ortho intramolecular Hbond substituents is 1. The summed E-state index contributed by atoms with van der Waals surface area (Å²) in [6, 6.07) is 5.68. The molecule has 2 N–H and O–H groups in total. The Balaban J connectivity index is 2.28. The Labute approximate surface area is 95.6 Å². The highest BCUT2D eigenvalue weighted by molar-refractivity contribution is 5.40. The Morgan fingerprint density at radius 2 is 1.94 bits per heavy atom. The highest BCUT2D eigenvalue weighted by Crippen LogP contribution is 2.32. The van der Waals surface area contributed by atoms with Gasteiger partial charge in [0.05, 0.1) is 5.76 Å². The summed E-state index contributed by atoms with van der Waals surface area (Å²) in [4.78, 5) is 0. The fourth-order valence-electron chi connectivity index (χ4n) is 1.88. The Bertz CT molecular complexity index is 470. The zero-order valence-electron chi connectivity index (χ0n) is 9.57. The Morgan fingerprint density at radius 1 is 1.19 bits per heavy atom. The van der Waals surface area contributed by atoms with Crippen LogP contribution in [-0.4, -0.2) is 10.2 Å². The molecular formula is C14H16O2. The molecule has 0 saturated heterocycles. The molecule has 0 saturated carbocycles. The third kappa shape index (κ3) is 1.96. The molecule has 1 aliphatic carbocycles. The molecule has 0 amide bonds. The highest BCUT2D eigenvalue weighted by atomic mass is 16.3. The van der Waals surface area contributed by atoms with E-state index in [1.807, 2.05) is 32.1 Å². The second-order valence-corrected chi connectivity index (χ2v) is 4.35. The van der Waals surface area contributed by atoms with E-state index in [-0.39, 0.29) is 5.92 Å². The number of aliphatic hydroxyl groups is 1. The first-order chi connectivity index (χ1) is 7.58. The number of aryl methyl sites for hydroxylation is 1. The number of phenols is 1. The molecule has 2 heteroatoms. The van der Waals surface area contributed by atoms with Crippen LogP contribution in [0.1, 0.15) is 30.4 Å². The number of hydrogen-bond acceptors (Lipinski definition) is 2. The van der Waals surface area contributed by atoms with Crippen molar-refractivity contribution in [2.75, 3.05) is 0 Å². The number of aliphatic hydroxyl groups excluding tert-OH is 1. The van der Waals surface area contributed by atoms with Crippen molar-refractivity contribution in [1.29, 1.82) is 0 Å². The second-order valence-electron chi connectivity index (χ2n) is 4.35. The Kier molecular flexibility index (Phi) is 2.73. The van der Waals surface area contributed by atoms with Crippen molar-refractivity contribution in [3.05, 3.63) is 52.8 Å². The van der Waals surface area contributed by atoms with Gasteiger partial charge >= 0.3 is 0 Å². The lowest BCUT2D eigenvalue weighted by Crippen LogP contribution is -2.03. The Hall–Kier alpha value is -1.70. The predicted octanol–water partition coefficient (Wildman–Crippen LogP) is 3.58. The van der Waals surface area contributed by atoms with E-state index in [2.05, 4.69) is 6.08 Å². The molecule has 0 aliphatic heterocycles. The normalized spacial score (nSPS) is 20.2. The summed E-state index contributed by atoms with van der Waals surface area (Å²) in [5, 5.41) is 19.3. The molecule has 0 heterocycles. The van der Waals surface area contributed by atoms with Crippen molar-refractivity contribution >= 4 is 0 Å². The van der Waals surface area contributed by atoms with Gasteiger partial charge in [0.1, 0.15) is 5.75 Å². The summed E-state index contributed by atoms with van der Waals surface area (Å²) < 4.78 is 0. The fraction of sp³-hybridized carbons (Fsp3) is 0.286. The molecule has 0 spiro atoms. The van der Waals surface area contributed by atoms with Gasteiger partial charge in [0.25, 0.3) is 0 Å². The topological polar surface area (TPSA) is 40.5 Å². The van der Waals surface area contributed by atoms with Crippen LogP contribution in [0.25, 0.3) is 0 Å². The minimum Gasteiger partial charge on any atom is -0.512 e. The maximum Gasteiger partial charge on any atom is 0.118 e. The number of allylic oxidation sites excluding steroid dienone is 4. The molecule has 0 radical (unpaired) electrons. The predicted molar refractivity (Wildman–Crippen MR) is 64.7 cm³/mol. The number of aromatic hydroxyl groups is 1. The monoisotopic (exact) mass is 216 g/mol. The average molecular weight is 216 g/mol. The van der Waals surface area contributed by atoms with E-state index in [1.54, 1.807) is 6.07 Å². The summed E-state index contributed by atoms with van der Waals surface area (Å²) in [7, 11) is 0. The van der Waals surface area contributed by atoms with E-state index in [4.69, 9.17) is 0 Å². The molecule has 1 aliphatic rings. The van der Waals surface area contributed by atoms with Gasteiger partial charge in [0.15, 0.2) is 0 Å². The molecule has 0 aromatic heterocycles. The first-order valence-corrected chi connectivity index (χ1v) is 5.44. The summed E-state index contributed by atoms with van der Waals surface area (Å²) in [6.07, 6.45) is 4.62. The smallest absolute Gasteiger partial charge is 0.118 e. The molecule has 1 atom stereocenters. The van der Waals surface area contributed by atoms with Gasteiger partial charge in [-0.2, -0.15) is 0 Å². The quantitative estimate of drug-likeness (QED) is 0.753. The molecule has 0 fully saturated rings. The average Bonchev–Trinajstić information content (AvgIpc) is 2.26. The van der Waals surface area contributed by atoms with Crippen LogP contribution in [0.5, 0.6) is 5.75 Å². The largest absolute Gasteiger partial charge is 0.512 e. The molecule has 2 rings (SSSR count). The van der Waals surface area contributed by atoms with E-state index in [0.29, 0.717) is 17.9 Å². The maximum absolute atomic E-state index is 9.70. The van der Waals surface area contributed by atoms with E-state index in [0.717, 1.165) is 16.7 Å². The lowest BCUT2D eigenvalue weighted by atomic mass is 9.89. The van der Waals surface area contributed by atoms with Gasteiger partial charge in [-0.1, -0.05) is 24.3 Å². The SMILES string of the molecule is CC1=C(O)CC(c2ccc(C)c(O)c2)C=C1. The minimum atomic E-state index is 0.162. The molecule has 1 aromatic rings. The van der Waals surface area contributed by atoms with Gasteiger partial charge in [-0.15, -0.1) is 0 Å². The van der Waals surface area contributed by atoms with Crippen molar-refractivity contribution in [1.82, 2.24) is 0 Å². The molecule has 1 unspecified atom stereocenters. The van der Waals surface area contributed by atoms with Crippen LogP contribution < -0.4 is 0 Å². The first-order valence-electron chi connectivity index (χ1n) is 5.44. The highest BCUT2D eigenvalue weighted by Gasteiger charge is 2.16. The van der Waals surface area contributed by atoms with Crippen LogP contribution in [0.4, 0.5) is 0 Å². The standard InChI is InChI=1S/C14H16O2/c1-9-3-5-11(7-13(9)15)12-6-4-10(2)14(16)8-12/h3-7,12,15-16H,8H2,1-2H3. The lowest BCUT2D eigenvalue weighted by Gasteiger charge is -2.18. The summed E-state index contributed by atoms with van der Waals surface area (Å²) in [5.74, 6) is 0.916. The summed E-state index contributed by atoms with van der Waals surface area (Å²) in [6.45, 7) is 3.77. The second kappa shape index (κ2) is 4.05. The molecular weight excluding hydrogens is 200 g/mol. The van der Waals surface area contributed by atoms with E-state index < -0.39 is 0 Å². The number of rotatable bonds is 1. The number of hydrogen-bond donors (Lipinski definition) is 2. The van der Waals surface area contributed by atoms with Crippen molar-refractivity contribution in [3.63, 3.8) is 0 Å². The third-order valence-electron chi connectivity index (χ3n) is 3.11. The summed E-state index contributed by atoms with van der Waals surface area (Å²) >= 11 is 0. The van der Waals surface area contributed by atoms with Gasteiger partial charge in [-0.05, 0) is 36.6 Å². The minimum absolute atomic E-state index is 0.162. The van der Waals surface area contributed by atoms with E-state index in [9.17, 15) is 10.2 Å². The lowest BCUT2D eigenvalue weighted by molar-refractivity contribution is 0.373. The fourth-order valence-corrected chi connectivity index (χ4v) is 1.88. The van der Waals surface area contributed by atoms with E-state index >= 15 is 0 Å². The van der Waals surface area contributed by atoms with Crippen LogP contribution >= 0.6 is 0 Å². The first kappa shape index (κ1) is 10.8. The van der Waals surface area contributed by atoms with Crippen molar-refractivity contribution in [3.8, 4) is 5.75 Å². The van der Waals surface area contributed by atoms with Crippen molar-refractivity contribution in [2.45, 2.75) is 26.2 Å². The van der Waals surface area contributed by atoms with Gasteiger partial charge in [-0.3, -0.25) is 0 Å². The molecule has 84 valence electrons. The van der Waals surface area contributed by atoms with E-state index in [1.165, 1.54) is 0 Å². The van der Waals surface area contributed by atoms with Gasteiger partial charge in [-0.25, -0.2) is 0 Å². The van der Waals surface area contributed by atoms with Crippen LogP contribution in [-0.2, 0) is 0 Å². The van der Waals surface area contributed by atoms with Crippen LogP contribution in [0.3, 0.4) is 0 Å². The zero-order valence-corrected chi connectivity index (χ0v) is 9.57. The zero-order chi connectivity index (χ0) is 11.7. The van der Waals surface area contributed by atoms with Crippen LogP contribution in [0.15, 0.2) is 41.7 Å².